The second-order valence-corrected chi connectivity index (χ2v) is 6.52. The van der Waals surface area contributed by atoms with E-state index in [2.05, 4.69) is 94.1 Å². The highest BCUT2D eigenvalue weighted by Crippen LogP contribution is 2.35. The predicted octanol–water partition coefficient (Wildman–Crippen LogP) is 5.37. The van der Waals surface area contributed by atoms with Gasteiger partial charge in [0.05, 0.1) is 0 Å². The Hall–Kier alpha value is -1.76. The van der Waals surface area contributed by atoms with Crippen LogP contribution in [-0.2, 0) is 0 Å². The summed E-state index contributed by atoms with van der Waals surface area (Å²) in [5, 5.41) is 0. The van der Waals surface area contributed by atoms with E-state index in [4.69, 9.17) is 0 Å². The zero-order chi connectivity index (χ0) is 14.8. The largest absolute Gasteiger partial charge is 0.364 e. The lowest BCUT2D eigenvalue weighted by Gasteiger charge is -2.42. The average molecular weight is 267 g/mol. The second-order valence-electron chi connectivity index (χ2n) is 6.52. The van der Waals surface area contributed by atoms with Crippen LogP contribution in [0, 0.1) is 0 Å². The van der Waals surface area contributed by atoms with E-state index in [1.54, 1.807) is 0 Å². The van der Waals surface area contributed by atoms with E-state index in [1.165, 1.54) is 16.8 Å². The van der Waals surface area contributed by atoms with Crippen LogP contribution in [0.1, 0.15) is 34.6 Å². The minimum atomic E-state index is 0.0963. The average Bonchev–Trinajstić information content (AvgIpc) is 2.38. The Morgan fingerprint density at radius 1 is 0.800 bits per heavy atom. The SMILES string of the molecule is CC(C)N(c1ccccc1-c1ccccc1)C(C)(C)C. The van der Waals surface area contributed by atoms with E-state index in [0.717, 1.165) is 0 Å². The van der Waals surface area contributed by atoms with Gasteiger partial charge in [0, 0.05) is 22.8 Å². The molecule has 0 amide bonds. The summed E-state index contributed by atoms with van der Waals surface area (Å²) >= 11 is 0. The van der Waals surface area contributed by atoms with Gasteiger partial charge in [0.15, 0.2) is 0 Å². The van der Waals surface area contributed by atoms with E-state index in [1.807, 2.05) is 0 Å². The van der Waals surface area contributed by atoms with Crippen LogP contribution in [0.4, 0.5) is 5.69 Å². The fourth-order valence-corrected chi connectivity index (χ4v) is 2.96. The minimum Gasteiger partial charge on any atom is -0.364 e. The summed E-state index contributed by atoms with van der Waals surface area (Å²) in [4.78, 5) is 2.50. The number of hydrogen-bond donors (Lipinski definition) is 0. The first-order valence-electron chi connectivity index (χ1n) is 7.35. The molecule has 0 fully saturated rings. The molecule has 20 heavy (non-hydrogen) atoms. The van der Waals surface area contributed by atoms with Gasteiger partial charge in [-0.15, -0.1) is 0 Å². The maximum absolute atomic E-state index is 2.50. The lowest BCUT2D eigenvalue weighted by molar-refractivity contribution is 0.466. The molecule has 0 saturated carbocycles. The Morgan fingerprint density at radius 2 is 1.35 bits per heavy atom. The summed E-state index contributed by atoms with van der Waals surface area (Å²) in [6.07, 6.45) is 0. The molecule has 0 aliphatic heterocycles. The van der Waals surface area contributed by atoms with Gasteiger partial charge in [0.1, 0.15) is 0 Å². The molecule has 1 nitrogen and oxygen atoms in total. The molecule has 0 aliphatic carbocycles. The normalized spacial score (nSPS) is 11.7. The van der Waals surface area contributed by atoms with Gasteiger partial charge in [-0.3, -0.25) is 0 Å². The molecule has 0 saturated heterocycles. The van der Waals surface area contributed by atoms with Crippen LogP contribution >= 0.6 is 0 Å². The highest BCUT2D eigenvalue weighted by atomic mass is 15.2. The van der Waals surface area contributed by atoms with Crippen LogP contribution in [-0.4, -0.2) is 11.6 Å². The highest BCUT2D eigenvalue weighted by molar-refractivity contribution is 5.79. The van der Waals surface area contributed by atoms with Crippen molar-refractivity contribution in [3.63, 3.8) is 0 Å². The maximum Gasteiger partial charge on any atom is 0.0452 e. The van der Waals surface area contributed by atoms with Gasteiger partial charge in [0.25, 0.3) is 0 Å². The zero-order valence-corrected chi connectivity index (χ0v) is 13.2. The zero-order valence-electron chi connectivity index (χ0n) is 13.2. The molecular formula is C19H25N. The quantitative estimate of drug-likeness (QED) is 0.723. The molecule has 1 heteroatoms. The molecule has 0 aliphatic rings. The first-order valence-corrected chi connectivity index (χ1v) is 7.35. The van der Waals surface area contributed by atoms with E-state index in [0.29, 0.717) is 6.04 Å². The molecule has 0 aromatic heterocycles. The van der Waals surface area contributed by atoms with Crippen molar-refractivity contribution in [2.24, 2.45) is 0 Å². The van der Waals surface area contributed by atoms with Crippen LogP contribution in [0.2, 0.25) is 0 Å². The van der Waals surface area contributed by atoms with Crippen LogP contribution < -0.4 is 4.90 Å². The first kappa shape index (κ1) is 14.6. The van der Waals surface area contributed by atoms with Gasteiger partial charge in [-0.1, -0.05) is 48.5 Å². The summed E-state index contributed by atoms with van der Waals surface area (Å²) < 4.78 is 0. The standard InChI is InChI=1S/C19H25N/c1-15(2)20(19(3,4)5)18-14-10-9-13-17(18)16-11-7-6-8-12-16/h6-15H,1-5H3. The third kappa shape index (κ3) is 3.04. The van der Waals surface area contributed by atoms with Crippen LogP contribution in [0.3, 0.4) is 0 Å². The summed E-state index contributed by atoms with van der Waals surface area (Å²) in [5.74, 6) is 0. The van der Waals surface area contributed by atoms with Crippen LogP contribution in [0.5, 0.6) is 0 Å². The van der Waals surface area contributed by atoms with Crippen molar-refractivity contribution in [2.45, 2.75) is 46.2 Å². The molecule has 106 valence electrons. The van der Waals surface area contributed by atoms with Crippen molar-refractivity contribution in [1.29, 1.82) is 0 Å². The fourth-order valence-electron chi connectivity index (χ4n) is 2.96. The van der Waals surface area contributed by atoms with Gasteiger partial charge in [-0.05, 0) is 46.2 Å². The third-order valence-electron chi connectivity index (χ3n) is 3.49. The van der Waals surface area contributed by atoms with Crippen LogP contribution in [0.15, 0.2) is 54.6 Å². The van der Waals surface area contributed by atoms with Gasteiger partial charge in [-0.25, -0.2) is 0 Å². The predicted molar refractivity (Wildman–Crippen MR) is 89.2 cm³/mol. The van der Waals surface area contributed by atoms with Gasteiger partial charge >= 0.3 is 0 Å². The lowest BCUT2D eigenvalue weighted by Crippen LogP contribution is -2.46. The number of nitrogens with zero attached hydrogens (tertiary/aromatic N) is 1. The molecule has 0 spiro atoms. The second kappa shape index (κ2) is 5.70. The molecule has 0 heterocycles. The number of para-hydroxylation sites is 1. The lowest BCUT2D eigenvalue weighted by atomic mass is 9.97. The van der Waals surface area contributed by atoms with Crippen molar-refractivity contribution < 1.29 is 0 Å². The molecule has 2 aromatic rings. The number of benzene rings is 2. The molecule has 0 radical (unpaired) electrons. The van der Waals surface area contributed by atoms with Crippen molar-refractivity contribution >= 4 is 5.69 Å². The van der Waals surface area contributed by atoms with Gasteiger partial charge < -0.3 is 4.90 Å². The first-order chi connectivity index (χ1) is 9.41. The Labute approximate surface area is 123 Å². The van der Waals surface area contributed by atoms with E-state index >= 15 is 0 Å². The summed E-state index contributed by atoms with van der Waals surface area (Å²) in [6.45, 7) is 11.3. The summed E-state index contributed by atoms with van der Waals surface area (Å²) in [5.41, 5.74) is 3.98. The number of rotatable bonds is 3. The highest BCUT2D eigenvalue weighted by Gasteiger charge is 2.26. The van der Waals surface area contributed by atoms with Crippen molar-refractivity contribution in [1.82, 2.24) is 0 Å². The molecule has 2 aromatic carbocycles. The Morgan fingerprint density at radius 3 is 1.90 bits per heavy atom. The molecule has 0 atom stereocenters. The number of hydrogen-bond acceptors (Lipinski definition) is 1. The van der Waals surface area contributed by atoms with Crippen molar-refractivity contribution in [3.05, 3.63) is 54.6 Å². The molecule has 0 N–H and O–H groups in total. The fraction of sp³-hybridized carbons (Fsp3) is 0.368. The van der Waals surface area contributed by atoms with Crippen LogP contribution in [0.25, 0.3) is 11.1 Å². The van der Waals surface area contributed by atoms with E-state index in [-0.39, 0.29) is 5.54 Å². The number of anilines is 1. The van der Waals surface area contributed by atoms with E-state index in [9.17, 15) is 0 Å². The maximum atomic E-state index is 2.50. The Kier molecular flexibility index (Phi) is 4.17. The Balaban J connectivity index is 2.57. The minimum absolute atomic E-state index is 0.0963. The molecule has 0 bridgehead atoms. The third-order valence-corrected chi connectivity index (χ3v) is 3.49. The molecule has 2 rings (SSSR count). The topological polar surface area (TPSA) is 3.24 Å². The van der Waals surface area contributed by atoms with Crippen molar-refractivity contribution in [2.75, 3.05) is 4.90 Å². The van der Waals surface area contributed by atoms with E-state index < -0.39 is 0 Å². The summed E-state index contributed by atoms with van der Waals surface area (Å²) in [6, 6.07) is 19.8. The molecular weight excluding hydrogens is 242 g/mol. The Bertz CT molecular complexity index is 549. The monoisotopic (exact) mass is 267 g/mol. The van der Waals surface area contributed by atoms with Crippen molar-refractivity contribution in [3.8, 4) is 11.1 Å². The van der Waals surface area contributed by atoms with Gasteiger partial charge in [-0.2, -0.15) is 0 Å². The smallest absolute Gasteiger partial charge is 0.0452 e. The van der Waals surface area contributed by atoms with Gasteiger partial charge in [0.2, 0.25) is 0 Å². The summed E-state index contributed by atoms with van der Waals surface area (Å²) in [7, 11) is 0. The molecule has 0 unspecified atom stereocenters.